The summed E-state index contributed by atoms with van der Waals surface area (Å²) in [7, 11) is 1.86. The maximum atomic E-state index is 12.3. The predicted octanol–water partition coefficient (Wildman–Crippen LogP) is 2.38. The molecule has 1 aliphatic heterocycles. The van der Waals surface area contributed by atoms with E-state index in [-0.39, 0.29) is 11.9 Å². The molecular formula is C14H24N2O. The van der Waals surface area contributed by atoms with Crippen molar-refractivity contribution >= 4 is 5.91 Å². The molecule has 0 aromatic carbocycles. The first kappa shape index (κ1) is 12.6. The second-order valence-electron chi connectivity index (χ2n) is 5.37. The fraction of sp³-hybridized carbons (Fsp3) is 0.786. The summed E-state index contributed by atoms with van der Waals surface area (Å²) in [4.78, 5) is 16.5. The Bertz CT molecular complexity index is 320. The third-order valence-electron chi connectivity index (χ3n) is 4.47. The molecule has 0 radical (unpaired) electrons. The SMILES string of the molecule is C=C1C(C)N(C2CCCC2)C(CC)C(=O)N1C. The molecule has 17 heavy (non-hydrogen) atoms. The lowest BCUT2D eigenvalue weighted by Gasteiger charge is -2.47. The molecule has 2 atom stereocenters. The zero-order valence-corrected chi connectivity index (χ0v) is 11.3. The third kappa shape index (κ3) is 2.01. The van der Waals surface area contributed by atoms with Crippen molar-refractivity contribution in [3.8, 4) is 0 Å². The Morgan fingerprint density at radius 2 is 1.94 bits per heavy atom. The summed E-state index contributed by atoms with van der Waals surface area (Å²) in [5, 5.41) is 0. The summed E-state index contributed by atoms with van der Waals surface area (Å²) >= 11 is 0. The largest absolute Gasteiger partial charge is 0.317 e. The summed E-state index contributed by atoms with van der Waals surface area (Å²) in [6.07, 6.45) is 6.00. The molecule has 1 saturated carbocycles. The lowest BCUT2D eigenvalue weighted by Crippen LogP contribution is -2.60. The fourth-order valence-electron chi connectivity index (χ4n) is 3.37. The Balaban J connectivity index is 2.26. The second kappa shape index (κ2) is 4.81. The van der Waals surface area contributed by atoms with Gasteiger partial charge in [-0.05, 0) is 26.2 Å². The Morgan fingerprint density at radius 3 is 2.47 bits per heavy atom. The minimum absolute atomic E-state index is 0.0589. The summed E-state index contributed by atoms with van der Waals surface area (Å²) in [5.41, 5.74) is 0.951. The maximum Gasteiger partial charge on any atom is 0.243 e. The van der Waals surface area contributed by atoms with Gasteiger partial charge in [-0.1, -0.05) is 26.3 Å². The van der Waals surface area contributed by atoms with Crippen LogP contribution in [0.25, 0.3) is 0 Å². The molecule has 2 fully saturated rings. The number of hydrogen-bond donors (Lipinski definition) is 0. The third-order valence-corrected chi connectivity index (χ3v) is 4.47. The van der Waals surface area contributed by atoms with Gasteiger partial charge < -0.3 is 4.90 Å². The van der Waals surface area contributed by atoms with Crippen molar-refractivity contribution in [3.63, 3.8) is 0 Å². The van der Waals surface area contributed by atoms with Gasteiger partial charge in [0, 0.05) is 24.8 Å². The minimum Gasteiger partial charge on any atom is -0.317 e. The van der Waals surface area contributed by atoms with Gasteiger partial charge in [0.2, 0.25) is 5.91 Å². The van der Waals surface area contributed by atoms with Crippen molar-refractivity contribution in [2.45, 2.75) is 64.1 Å². The van der Waals surface area contributed by atoms with Crippen LogP contribution < -0.4 is 0 Å². The highest BCUT2D eigenvalue weighted by Gasteiger charge is 2.42. The van der Waals surface area contributed by atoms with Gasteiger partial charge in [-0.3, -0.25) is 9.69 Å². The molecule has 3 heteroatoms. The van der Waals surface area contributed by atoms with Gasteiger partial charge in [-0.15, -0.1) is 0 Å². The van der Waals surface area contributed by atoms with Crippen molar-refractivity contribution in [2.24, 2.45) is 0 Å². The number of piperazine rings is 1. The van der Waals surface area contributed by atoms with Crippen LogP contribution in [-0.2, 0) is 4.79 Å². The van der Waals surface area contributed by atoms with Crippen LogP contribution in [0.4, 0.5) is 0 Å². The predicted molar refractivity (Wildman–Crippen MR) is 69.5 cm³/mol. The molecule has 1 amide bonds. The quantitative estimate of drug-likeness (QED) is 0.735. The Hall–Kier alpha value is -0.830. The van der Waals surface area contributed by atoms with E-state index in [0.717, 1.165) is 12.1 Å². The Morgan fingerprint density at radius 1 is 1.35 bits per heavy atom. The first-order valence-electron chi connectivity index (χ1n) is 6.81. The minimum atomic E-state index is 0.0589. The van der Waals surface area contributed by atoms with E-state index < -0.39 is 0 Å². The first-order chi connectivity index (χ1) is 8.07. The van der Waals surface area contributed by atoms with Gasteiger partial charge in [-0.2, -0.15) is 0 Å². The topological polar surface area (TPSA) is 23.6 Å². The van der Waals surface area contributed by atoms with Crippen LogP contribution in [0.3, 0.4) is 0 Å². The second-order valence-corrected chi connectivity index (χ2v) is 5.37. The summed E-state index contributed by atoms with van der Waals surface area (Å²) in [6, 6.07) is 0.943. The van der Waals surface area contributed by atoms with Gasteiger partial charge in [0.05, 0.1) is 6.04 Å². The van der Waals surface area contributed by atoms with Crippen LogP contribution >= 0.6 is 0 Å². The smallest absolute Gasteiger partial charge is 0.243 e. The normalized spacial score (nSPS) is 32.5. The average Bonchev–Trinajstić information content (AvgIpc) is 2.84. The first-order valence-corrected chi connectivity index (χ1v) is 6.81. The lowest BCUT2D eigenvalue weighted by molar-refractivity contribution is -0.141. The number of likely N-dealkylation sites (N-methyl/N-ethyl adjacent to an activating group) is 1. The highest BCUT2D eigenvalue weighted by atomic mass is 16.2. The molecule has 1 saturated heterocycles. The van der Waals surface area contributed by atoms with Crippen LogP contribution in [0.5, 0.6) is 0 Å². The highest BCUT2D eigenvalue weighted by Crippen LogP contribution is 2.33. The number of amides is 1. The number of rotatable bonds is 2. The van der Waals surface area contributed by atoms with Gasteiger partial charge in [0.15, 0.2) is 0 Å². The maximum absolute atomic E-state index is 12.3. The van der Waals surface area contributed by atoms with Gasteiger partial charge in [-0.25, -0.2) is 0 Å². The summed E-state index contributed by atoms with van der Waals surface area (Å²) < 4.78 is 0. The average molecular weight is 236 g/mol. The fourth-order valence-corrected chi connectivity index (χ4v) is 3.37. The van der Waals surface area contributed by atoms with E-state index in [2.05, 4.69) is 25.3 Å². The van der Waals surface area contributed by atoms with Gasteiger partial charge in [0.25, 0.3) is 0 Å². The van der Waals surface area contributed by atoms with Crippen molar-refractivity contribution in [1.29, 1.82) is 0 Å². The monoisotopic (exact) mass is 236 g/mol. The van der Waals surface area contributed by atoms with Crippen LogP contribution in [0.2, 0.25) is 0 Å². The number of nitrogens with zero attached hydrogens (tertiary/aromatic N) is 2. The molecule has 0 bridgehead atoms. The van der Waals surface area contributed by atoms with Gasteiger partial charge >= 0.3 is 0 Å². The van der Waals surface area contributed by atoms with E-state index in [9.17, 15) is 4.79 Å². The molecule has 0 spiro atoms. The standard InChI is InChI=1S/C14H24N2O/c1-5-13-14(17)15(4)10(2)11(3)16(13)12-8-6-7-9-12/h11-13H,2,5-9H2,1,3-4H3. The molecule has 1 heterocycles. The van der Waals surface area contributed by atoms with Crippen molar-refractivity contribution in [1.82, 2.24) is 9.80 Å². The molecule has 0 aromatic rings. The zero-order valence-electron chi connectivity index (χ0n) is 11.3. The van der Waals surface area contributed by atoms with E-state index in [1.807, 2.05) is 7.05 Å². The van der Waals surface area contributed by atoms with Crippen molar-refractivity contribution in [3.05, 3.63) is 12.3 Å². The summed E-state index contributed by atoms with van der Waals surface area (Å²) in [6.45, 7) is 8.38. The molecule has 96 valence electrons. The van der Waals surface area contributed by atoms with Crippen LogP contribution in [0.1, 0.15) is 46.0 Å². The van der Waals surface area contributed by atoms with E-state index in [1.54, 1.807) is 4.90 Å². The molecule has 2 aliphatic rings. The highest BCUT2D eigenvalue weighted by molar-refractivity contribution is 5.84. The zero-order chi connectivity index (χ0) is 12.6. The molecular weight excluding hydrogens is 212 g/mol. The number of carbonyl (C=O) groups is 1. The Kier molecular flexibility index (Phi) is 3.57. The van der Waals surface area contributed by atoms with E-state index >= 15 is 0 Å². The molecule has 0 N–H and O–H groups in total. The van der Waals surface area contributed by atoms with E-state index in [0.29, 0.717) is 12.1 Å². The molecule has 0 aromatic heterocycles. The van der Waals surface area contributed by atoms with Gasteiger partial charge in [0.1, 0.15) is 0 Å². The van der Waals surface area contributed by atoms with E-state index in [4.69, 9.17) is 0 Å². The summed E-state index contributed by atoms with van der Waals surface area (Å²) in [5.74, 6) is 0.225. The molecule has 2 rings (SSSR count). The number of carbonyl (C=O) groups excluding carboxylic acids is 1. The Labute approximate surface area is 104 Å². The van der Waals surface area contributed by atoms with Crippen LogP contribution in [0.15, 0.2) is 12.3 Å². The lowest BCUT2D eigenvalue weighted by atomic mass is 9.98. The van der Waals surface area contributed by atoms with Crippen LogP contribution in [0, 0.1) is 0 Å². The van der Waals surface area contributed by atoms with Crippen LogP contribution in [-0.4, -0.2) is 40.9 Å². The number of hydrogen-bond acceptors (Lipinski definition) is 2. The van der Waals surface area contributed by atoms with Crippen molar-refractivity contribution < 1.29 is 4.79 Å². The molecule has 3 nitrogen and oxygen atoms in total. The van der Waals surface area contributed by atoms with E-state index in [1.165, 1.54) is 25.7 Å². The molecule has 2 unspecified atom stereocenters. The molecule has 1 aliphatic carbocycles. The van der Waals surface area contributed by atoms with Crippen molar-refractivity contribution in [2.75, 3.05) is 7.05 Å².